The summed E-state index contributed by atoms with van der Waals surface area (Å²) in [5.74, 6) is 0.711. The van der Waals surface area contributed by atoms with Gasteiger partial charge in [0, 0.05) is 11.5 Å². The van der Waals surface area contributed by atoms with E-state index in [4.69, 9.17) is 4.74 Å². The minimum Gasteiger partial charge on any atom is -0.491 e. The van der Waals surface area contributed by atoms with E-state index in [1.54, 1.807) is 6.08 Å². The summed E-state index contributed by atoms with van der Waals surface area (Å²) in [6.45, 7) is 0.889. The zero-order chi connectivity index (χ0) is 16.6. The zero-order valence-electron chi connectivity index (χ0n) is 13.3. The van der Waals surface area contributed by atoms with Crippen molar-refractivity contribution in [2.24, 2.45) is 0 Å². The molecule has 3 aromatic carbocycles. The fraction of sp³-hybridized carbons (Fsp3) is 0.0952. The first-order valence-electron chi connectivity index (χ1n) is 7.94. The first-order chi connectivity index (χ1) is 11.8. The number of ether oxygens (including phenoxy) is 1. The Morgan fingerprint density at radius 1 is 0.917 bits per heavy atom. The number of benzene rings is 3. The Morgan fingerprint density at radius 3 is 2.54 bits per heavy atom. The van der Waals surface area contributed by atoms with E-state index in [0.29, 0.717) is 13.2 Å². The Hall–Kier alpha value is -3.07. The molecule has 0 fully saturated rings. The van der Waals surface area contributed by atoms with E-state index in [1.165, 1.54) is 6.08 Å². The Bertz CT molecular complexity index is 835. The summed E-state index contributed by atoms with van der Waals surface area (Å²) in [4.78, 5) is 11.8. The molecule has 3 rings (SSSR count). The summed E-state index contributed by atoms with van der Waals surface area (Å²) in [6, 6.07) is 23.8. The molecule has 3 heteroatoms. The van der Waals surface area contributed by atoms with Gasteiger partial charge in [0.1, 0.15) is 12.4 Å². The first-order valence-corrected chi connectivity index (χ1v) is 7.94. The van der Waals surface area contributed by atoms with Gasteiger partial charge in [-0.2, -0.15) is 0 Å². The molecule has 0 saturated heterocycles. The lowest BCUT2D eigenvalue weighted by Gasteiger charge is -2.09. The maximum atomic E-state index is 11.8. The van der Waals surface area contributed by atoms with Crippen LogP contribution in [0.15, 0.2) is 78.9 Å². The van der Waals surface area contributed by atoms with Crippen LogP contribution in [0.25, 0.3) is 16.8 Å². The Balaban J connectivity index is 1.48. The van der Waals surface area contributed by atoms with Gasteiger partial charge in [-0.25, -0.2) is 0 Å². The van der Waals surface area contributed by atoms with Crippen molar-refractivity contribution in [2.45, 2.75) is 0 Å². The molecule has 3 nitrogen and oxygen atoms in total. The molecule has 0 spiro atoms. The van der Waals surface area contributed by atoms with E-state index < -0.39 is 0 Å². The van der Waals surface area contributed by atoms with Crippen LogP contribution >= 0.6 is 0 Å². The highest BCUT2D eigenvalue weighted by Crippen LogP contribution is 2.24. The molecule has 3 aromatic rings. The fourth-order valence-corrected chi connectivity index (χ4v) is 2.45. The van der Waals surface area contributed by atoms with E-state index in [-0.39, 0.29) is 5.91 Å². The van der Waals surface area contributed by atoms with Gasteiger partial charge in [0.2, 0.25) is 5.91 Å². The van der Waals surface area contributed by atoms with Crippen LogP contribution in [0.1, 0.15) is 5.56 Å². The van der Waals surface area contributed by atoms with Crippen molar-refractivity contribution in [1.29, 1.82) is 0 Å². The van der Waals surface area contributed by atoms with Gasteiger partial charge in [-0.15, -0.1) is 0 Å². The number of fused-ring (bicyclic) bond motifs is 1. The van der Waals surface area contributed by atoms with Gasteiger partial charge in [0.25, 0.3) is 0 Å². The predicted molar refractivity (Wildman–Crippen MR) is 97.9 cm³/mol. The number of rotatable bonds is 6. The average molecular weight is 317 g/mol. The number of amides is 1. The fourth-order valence-electron chi connectivity index (χ4n) is 2.45. The van der Waals surface area contributed by atoms with Gasteiger partial charge in [-0.3, -0.25) is 4.79 Å². The molecular formula is C21H19NO2. The van der Waals surface area contributed by atoms with Crippen LogP contribution in [0.4, 0.5) is 0 Å². The molecule has 1 amide bonds. The van der Waals surface area contributed by atoms with Crippen molar-refractivity contribution in [3.8, 4) is 5.75 Å². The third kappa shape index (κ3) is 4.23. The van der Waals surface area contributed by atoms with Gasteiger partial charge >= 0.3 is 0 Å². The van der Waals surface area contributed by atoms with Crippen LogP contribution in [0.3, 0.4) is 0 Å². The maximum absolute atomic E-state index is 11.8. The molecule has 0 saturated carbocycles. The van der Waals surface area contributed by atoms with Crippen molar-refractivity contribution in [1.82, 2.24) is 5.32 Å². The monoisotopic (exact) mass is 317 g/mol. The third-order valence-electron chi connectivity index (χ3n) is 3.64. The number of nitrogens with one attached hydrogen (secondary N) is 1. The Kier molecular flexibility index (Phi) is 5.25. The Morgan fingerprint density at radius 2 is 1.67 bits per heavy atom. The largest absolute Gasteiger partial charge is 0.491 e. The van der Waals surface area contributed by atoms with E-state index in [1.807, 2.05) is 60.7 Å². The SMILES string of the molecule is O=C(C=Cc1ccccc1)NCCOc1cccc2ccccc12. The number of hydrogen-bond acceptors (Lipinski definition) is 2. The first kappa shape index (κ1) is 15.8. The Labute approximate surface area is 141 Å². The summed E-state index contributed by atoms with van der Waals surface area (Å²) in [6.07, 6.45) is 3.33. The lowest BCUT2D eigenvalue weighted by Crippen LogP contribution is -2.26. The second kappa shape index (κ2) is 7.97. The summed E-state index contributed by atoms with van der Waals surface area (Å²) in [7, 11) is 0. The van der Waals surface area contributed by atoms with Crippen molar-refractivity contribution in [3.63, 3.8) is 0 Å². The van der Waals surface area contributed by atoms with E-state index >= 15 is 0 Å². The van der Waals surface area contributed by atoms with Gasteiger partial charge in [-0.1, -0.05) is 66.7 Å². The van der Waals surface area contributed by atoms with Crippen molar-refractivity contribution in [3.05, 3.63) is 84.4 Å². The van der Waals surface area contributed by atoms with Crippen LogP contribution in [-0.4, -0.2) is 19.1 Å². The normalized spacial score (nSPS) is 10.8. The minimum absolute atomic E-state index is 0.125. The highest BCUT2D eigenvalue weighted by molar-refractivity contribution is 5.91. The molecule has 0 unspecified atom stereocenters. The second-order valence-electron chi connectivity index (χ2n) is 5.36. The van der Waals surface area contributed by atoms with E-state index in [2.05, 4.69) is 17.4 Å². The van der Waals surface area contributed by atoms with E-state index in [9.17, 15) is 4.79 Å². The molecule has 0 radical (unpaired) electrons. The van der Waals surface area contributed by atoms with Crippen LogP contribution in [0.5, 0.6) is 5.75 Å². The molecule has 0 heterocycles. The highest BCUT2D eigenvalue weighted by Gasteiger charge is 2.01. The van der Waals surface area contributed by atoms with Gasteiger partial charge in [0.15, 0.2) is 0 Å². The molecule has 24 heavy (non-hydrogen) atoms. The minimum atomic E-state index is -0.125. The molecule has 0 aliphatic rings. The van der Waals surface area contributed by atoms with E-state index in [0.717, 1.165) is 22.1 Å². The number of hydrogen-bond donors (Lipinski definition) is 1. The van der Waals surface area contributed by atoms with Crippen LogP contribution in [0, 0.1) is 0 Å². The topological polar surface area (TPSA) is 38.3 Å². The van der Waals surface area contributed by atoms with Crippen LogP contribution in [0.2, 0.25) is 0 Å². The molecule has 0 atom stereocenters. The summed E-state index contributed by atoms with van der Waals surface area (Å²) < 4.78 is 5.79. The average Bonchev–Trinajstić information content (AvgIpc) is 2.64. The van der Waals surface area contributed by atoms with Crippen molar-refractivity contribution >= 4 is 22.8 Å². The molecular weight excluding hydrogens is 298 g/mol. The smallest absolute Gasteiger partial charge is 0.244 e. The zero-order valence-corrected chi connectivity index (χ0v) is 13.3. The van der Waals surface area contributed by atoms with Crippen molar-refractivity contribution < 1.29 is 9.53 Å². The van der Waals surface area contributed by atoms with Gasteiger partial charge in [-0.05, 0) is 23.1 Å². The lowest BCUT2D eigenvalue weighted by atomic mass is 10.1. The molecule has 0 bridgehead atoms. The number of carbonyl (C=O) groups is 1. The molecule has 0 aliphatic carbocycles. The van der Waals surface area contributed by atoms with Gasteiger partial charge in [0.05, 0.1) is 6.54 Å². The quantitative estimate of drug-likeness (QED) is 0.550. The van der Waals surface area contributed by atoms with Crippen LogP contribution in [-0.2, 0) is 4.79 Å². The molecule has 0 aliphatic heterocycles. The second-order valence-corrected chi connectivity index (χ2v) is 5.36. The summed E-state index contributed by atoms with van der Waals surface area (Å²) in [5.41, 5.74) is 1.000. The van der Waals surface area contributed by atoms with Crippen LogP contribution < -0.4 is 10.1 Å². The summed E-state index contributed by atoms with van der Waals surface area (Å²) in [5, 5.41) is 5.04. The maximum Gasteiger partial charge on any atom is 0.244 e. The standard InChI is InChI=1S/C21H19NO2/c23-21(14-13-17-7-2-1-3-8-17)22-15-16-24-20-12-6-10-18-9-4-5-11-19(18)20/h1-14H,15-16H2,(H,22,23). The molecule has 1 N–H and O–H groups in total. The molecule has 120 valence electrons. The lowest BCUT2D eigenvalue weighted by molar-refractivity contribution is -0.116. The predicted octanol–water partition coefficient (Wildman–Crippen LogP) is 4.05. The third-order valence-corrected chi connectivity index (χ3v) is 3.64. The molecule has 0 aromatic heterocycles. The van der Waals surface area contributed by atoms with Gasteiger partial charge < -0.3 is 10.1 Å². The number of carbonyl (C=O) groups excluding carboxylic acids is 1. The van der Waals surface area contributed by atoms with Crippen molar-refractivity contribution in [2.75, 3.05) is 13.2 Å². The summed E-state index contributed by atoms with van der Waals surface area (Å²) >= 11 is 0. The highest BCUT2D eigenvalue weighted by atomic mass is 16.5.